The van der Waals surface area contributed by atoms with Gasteiger partial charge in [-0.25, -0.2) is 4.98 Å². The van der Waals surface area contributed by atoms with Gasteiger partial charge in [0.2, 0.25) is 0 Å². The summed E-state index contributed by atoms with van der Waals surface area (Å²) < 4.78 is 10.8. The monoisotopic (exact) mass is 464 g/mol. The maximum absolute atomic E-state index is 13.8. The summed E-state index contributed by atoms with van der Waals surface area (Å²) >= 11 is 1.60. The SMILES string of the molecule is COc1ccc(CCN(CC2CC2)C(=O)c2nc(C)sc2-c2ccc(C)cc2C)cc1OC. The van der Waals surface area contributed by atoms with Crippen LogP contribution in [-0.2, 0) is 6.42 Å². The van der Waals surface area contributed by atoms with Crippen molar-refractivity contribution < 1.29 is 14.3 Å². The summed E-state index contributed by atoms with van der Waals surface area (Å²) in [6.45, 7) is 7.60. The van der Waals surface area contributed by atoms with Gasteiger partial charge in [0.15, 0.2) is 11.5 Å². The number of rotatable bonds is 9. The zero-order valence-corrected chi connectivity index (χ0v) is 20.9. The van der Waals surface area contributed by atoms with Gasteiger partial charge in [0.1, 0.15) is 5.69 Å². The van der Waals surface area contributed by atoms with E-state index in [0.717, 1.165) is 34.0 Å². The van der Waals surface area contributed by atoms with Crippen molar-refractivity contribution in [2.45, 2.75) is 40.0 Å². The Morgan fingerprint density at radius 3 is 2.48 bits per heavy atom. The van der Waals surface area contributed by atoms with Gasteiger partial charge in [-0.05, 0) is 74.8 Å². The van der Waals surface area contributed by atoms with Crippen LogP contribution in [0.1, 0.15) is 45.0 Å². The number of aryl methyl sites for hydroxylation is 3. The quantitative estimate of drug-likeness (QED) is 0.399. The van der Waals surface area contributed by atoms with Gasteiger partial charge >= 0.3 is 0 Å². The van der Waals surface area contributed by atoms with Crippen LogP contribution >= 0.6 is 11.3 Å². The minimum Gasteiger partial charge on any atom is -0.493 e. The summed E-state index contributed by atoms with van der Waals surface area (Å²) in [4.78, 5) is 21.4. The molecule has 0 N–H and O–H groups in total. The van der Waals surface area contributed by atoms with E-state index in [-0.39, 0.29) is 5.91 Å². The molecule has 3 aromatic rings. The molecule has 4 rings (SSSR count). The molecule has 0 radical (unpaired) electrons. The predicted octanol–water partition coefficient (Wildman–Crippen LogP) is 5.85. The molecule has 1 saturated carbocycles. The third-order valence-corrected chi connectivity index (χ3v) is 7.15. The first-order valence-electron chi connectivity index (χ1n) is 11.4. The first kappa shape index (κ1) is 23.3. The fourth-order valence-corrected chi connectivity index (χ4v) is 5.16. The van der Waals surface area contributed by atoms with E-state index >= 15 is 0 Å². The second kappa shape index (κ2) is 9.96. The van der Waals surface area contributed by atoms with Gasteiger partial charge in [-0.1, -0.05) is 29.8 Å². The molecular formula is C27H32N2O3S. The second-order valence-electron chi connectivity index (χ2n) is 8.86. The number of thiazole rings is 1. The van der Waals surface area contributed by atoms with Crippen molar-refractivity contribution >= 4 is 17.2 Å². The summed E-state index contributed by atoms with van der Waals surface area (Å²) in [5.74, 6) is 2.05. The van der Waals surface area contributed by atoms with E-state index in [1.807, 2.05) is 30.0 Å². The number of nitrogens with zero attached hydrogens (tertiary/aromatic N) is 2. The third-order valence-electron chi connectivity index (χ3n) is 6.14. The first-order valence-corrected chi connectivity index (χ1v) is 12.3. The molecule has 5 nitrogen and oxygen atoms in total. The Hall–Kier alpha value is -2.86. The molecule has 1 heterocycles. The highest BCUT2D eigenvalue weighted by molar-refractivity contribution is 7.15. The third kappa shape index (κ3) is 5.38. The van der Waals surface area contributed by atoms with Crippen molar-refractivity contribution in [2.24, 2.45) is 5.92 Å². The highest BCUT2D eigenvalue weighted by Gasteiger charge is 2.30. The van der Waals surface area contributed by atoms with Gasteiger partial charge in [0, 0.05) is 13.1 Å². The topological polar surface area (TPSA) is 51.7 Å². The lowest BCUT2D eigenvalue weighted by molar-refractivity contribution is 0.0745. The average Bonchev–Trinajstić information content (AvgIpc) is 3.54. The van der Waals surface area contributed by atoms with Crippen LogP contribution in [0.4, 0.5) is 0 Å². The van der Waals surface area contributed by atoms with Crippen molar-refractivity contribution in [3.8, 4) is 21.9 Å². The number of benzene rings is 2. The van der Waals surface area contributed by atoms with Crippen molar-refractivity contribution in [3.63, 3.8) is 0 Å². The number of carbonyl (C=O) groups excluding carboxylic acids is 1. The second-order valence-corrected chi connectivity index (χ2v) is 10.1. The van der Waals surface area contributed by atoms with E-state index < -0.39 is 0 Å². The van der Waals surface area contributed by atoms with Crippen molar-refractivity contribution in [2.75, 3.05) is 27.3 Å². The van der Waals surface area contributed by atoms with E-state index in [9.17, 15) is 4.79 Å². The van der Waals surface area contributed by atoms with Crippen LogP contribution in [0.2, 0.25) is 0 Å². The van der Waals surface area contributed by atoms with Gasteiger partial charge in [0.25, 0.3) is 5.91 Å². The van der Waals surface area contributed by atoms with Crippen LogP contribution < -0.4 is 9.47 Å². The van der Waals surface area contributed by atoms with Crippen molar-refractivity contribution in [3.05, 3.63) is 63.8 Å². The number of ether oxygens (including phenoxy) is 2. The van der Waals surface area contributed by atoms with E-state index in [1.54, 1.807) is 25.6 Å². The zero-order valence-electron chi connectivity index (χ0n) is 20.1. The molecule has 33 heavy (non-hydrogen) atoms. The largest absolute Gasteiger partial charge is 0.493 e. The Labute approximate surface area is 200 Å². The number of hydrogen-bond acceptors (Lipinski definition) is 5. The molecule has 0 spiro atoms. The average molecular weight is 465 g/mol. The zero-order chi connectivity index (χ0) is 23.5. The first-order chi connectivity index (χ1) is 15.9. The summed E-state index contributed by atoms with van der Waals surface area (Å²) in [6, 6.07) is 12.3. The van der Waals surface area contributed by atoms with Crippen molar-refractivity contribution in [1.82, 2.24) is 9.88 Å². The molecule has 1 aliphatic rings. The molecular weight excluding hydrogens is 432 g/mol. The van der Waals surface area contributed by atoms with Gasteiger partial charge in [-0.15, -0.1) is 11.3 Å². The highest BCUT2D eigenvalue weighted by Crippen LogP contribution is 2.35. The maximum Gasteiger partial charge on any atom is 0.274 e. The summed E-state index contributed by atoms with van der Waals surface area (Å²) in [5, 5.41) is 0.916. The number of methoxy groups -OCH3 is 2. The van der Waals surface area contributed by atoms with Crippen LogP contribution in [-0.4, -0.2) is 43.1 Å². The molecule has 0 aliphatic heterocycles. The predicted molar refractivity (Wildman–Crippen MR) is 134 cm³/mol. The minimum atomic E-state index is 0.0294. The Balaban J connectivity index is 1.59. The molecule has 0 atom stereocenters. The summed E-state index contributed by atoms with van der Waals surface area (Å²) in [5.41, 5.74) is 5.19. The van der Waals surface area contributed by atoms with Crippen LogP contribution in [0.15, 0.2) is 36.4 Å². The van der Waals surface area contributed by atoms with E-state index in [0.29, 0.717) is 29.7 Å². The molecule has 174 valence electrons. The van der Waals surface area contributed by atoms with Crippen molar-refractivity contribution in [1.29, 1.82) is 0 Å². The normalized spacial score (nSPS) is 13.1. The number of amides is 1. The van der Waals surface area contributed by atoms with Gasteiger partial charge in [0.05, 0.1) is 24.1 Å². The fourth-order valence-electron chi connectivity index (χ4n) is 4.16. The Bertz CT molecular complexity index is 1150. The van der Waals surface area contributed by atoms with Crippen LogP contribution in [0.5, 0.6) is 11.5 Å². The molecule has 0 bridgehead atoms. The summed E-state index contributed by atoms with van der Waals surface area (Å²) in [7, 11) is 3.28. The van der Waals surface area contributed by atoms with E-state index in [2.05, 4.69) is 32.0 Å². The molecule has 6 heteroatoms. The summed E-state index contributed by atoms with van der Waals surface area (Å²) in [6.07, 6.45) is 3.14. The molecule has 1 aromatic heterocycles. The minimum absolute atomic E-state index is 0.0294. The smallest absolute Gasteiger partial charge is 0.274 e. The maximum atomic E-state index is 13.8. The molecule has 1 fully saturated rings. The standard InChI is InChI=1S/C27H32N2O3S/c1-17-6-10-22(18(2)14-17)26-25(28-19(3)33-26)27(30)29(16-21-7-8-21)13-12-20-9-11-23(31-4)24(15-20)32-5/h6,9-11,14-15,21H,7-8,12-13,16H2,1-5H3. The van der Waals surface area contributed by atoms with Crippen LogP contribution in [0, 0.1) is 26.7 Å². The molecule has 2 aromatic carbocycles. The lowest BCUT2D eigenvalue weighted by Crippen LogP contribution is -2.35. The Morgan fingerprint density at radius 1 is 1.06 bits per heavy atom. The van der Waals surface area contributed by atoms with E-state index in [1.165, 1.54) is 24.0 Å². The Kier molecular flexibility index (Phi) is 7.03. The number of aromatic nitrogens is 1. The molecule has 1 amide bonds. The van der Waals surface area contributed by atoms with Gasteiger partial charge in [-0.3, -0.25) is 4.79 Å². The highest BCUT2D eigenvalue weighted by atomic mass is 32.1. The number of carbonyl (C=O) groups is 1. The molecule has 0 unspecified atom stereocenters. The van der Waals surface area contributed by atoms with Crippen LogP contribution in [0.3, 0.4) is 0 Å². The van der Waals surface area contributed by atoms with Gasteiger partial charge < -0.3 is 14.4 Å². The van der Waals surface area contributed by atoms with Gasteiger partial charge in [-0.2, -0.15) is 0 Å². The fraction of sp³-hybridized carbons (Fsp3) is 0.407. The number of hydrogen-bond donors (Lipinski definition) is 0. The molecule has 1 aliphatic carbocycles. The van der Waals surface area contributed by atoms with Crippen LogP contribution in [0.25, 0.3) is 10.4 Å². The molecule has 0 saturated heterocycles. The van der Waals surface area contributed by atoms with E-state index in [4.69, 9.17) is 14.5 Å². The lowest BCUT2D eigenvalue weighted by atomic mass is 10.0. The lowest BCUT2D eigenvalue weighted by Gasteiger charge is -2.23. The Morgan fingerprint density at radius 2 is 1.82 bits per heavy atom.